The van der Waals surface area contributed by atoms with Gasteiger partial charge in [-0.1, -0.05) is 60.7 Å². The normalized spacial score (nSPS) is 16.4. The molecule has 122 valence electrons. The fourth-order valence-corrected chi connectivity index (χ4v) is 2.79. The van der Waals surface area contributed by atoms with Crippen LogP contribution in [0.2, 0.25) is 0 Å². The minimum Gasteiger partial charge on any atom is -0.290 e. The monoisotopic (exact) mass is 320 g/mol. The van der Waals surface area contributed by atoms with Crippen LogP contribution >= 0.6 is 0 Å². The van der Waals surface area contributed by atoms with Gasteiger partial charge in [-0.05, 0) is 24.0 Å². The Morgan fingerprint density at radius 1 is 0.792 bits per heavy atom. The molecule has 0 heterocycles. The van der Waals surface area contributed by atoms with E-state index in [0.717, 1.165) is 11.1 Å². The minimum absolute atomic E-state index is 0.320. The summed E-state index contributed by atoms with van der Waals surface area (Å²) in [7, 11) is 0. The number of benzene rings is 2. The Morgan fingerprint density at radius 3 is 1.88 bits per heavy atom. The number of hydrogen-bond acceptors (Lipinski definition) is 4. The summed E-state index contributed by atoms with van der Waals surface area (Å²) >= 11 is 0. The van der Waals surface area contributed by atoms with Gasteiger partial charge in [0, 0.05) is 6.42 Å². The first-order valence-corrected chi connectivity index (χ1v) is 8.20. The van der Waals surface area contributed by atoms with Gasteiger partial charge >= 0.3 is 0 Å². The van der Waals surface area contributed by atoms with Crippen LogP contribution in [0.1, 0.15) is 30.4 Å². The van der Waals surface area contributed by atoms with Crippen molar-refractivity contribution in [2.24, 2.45) is 5.10 Å². The smallest absolute Gasteiger partial charge is 0.244 e. The molecular formula is C20H20N2O2. The highest BCUT2D eigenvalue weighted by atomic mass is 16.2. The number of ketones is 2. The first-order chi connectivity index (χ1) is 11.7. The molecule has 3 rings (SSSR count). The number of nitrogens with zero attached hydrogens (tertiary/aromatic N) is 2. The molecular weight excluding hydrogens is 300 g/mol. The lowest BCUT2D eigenvalue weighted by atomic mass is 9.96. The molecule has 2 aromatic carbocycles. The molecule has 24 heavy (non-hydrogen) atoms. The van der Waals surface area contributed by atoms with Crippen molar-refractivity contribution in [2.75, 3.05) is 0 Å². The zero-order chi connectivity index (χ0) is 16.8. The molecule has 2 aromatic rings. The maximum Gasteiger partial charge on any atom is 0.244 e. The maximum absolute atomic E-state index is 12.1. The van der Waals surface area contributed by atoms with Crippen molar-refractivity contribution in [3.63, 3.8) is 0 Å². The Morgan fingerprint density at radius 2 is 1.33 bits per heavy atom. The highest BCUT2D eigenvalue weighted by Gasteiger charge is 2.26. The van der Waals surface area contributed by atoms with Crippen LogP contribution in [0.15, 0.2) is 65.8 Å². The van der Waals surface area contributed by atoms with E-state index in [1.807, 2.05) is 65.7 Å². The molecule has 0 aliphatic heterocycles. The second-order valence-electron chi connectivity index (χ2n) is 5.95. The predicted octanol–water partition coefficient (Wildman–Crippen LogP) is 3.37. The van der Waals surface area contributed by atoms with Gasteiger partial charge in [-0.3, -0.25) is 14.6 Å². The quantitative estimate of drug-likeness (QED) is 0.627. The fourth-order valence-electron chi connectivity index (χ4n) is 2.79. The molecule has 0 aromatic heterocycles. The Hall–Kier alpha value is -2.75. The van der Waals surface area contributed by atoms with E-state index in [0.29, 0.717) is 38.1 Å². The molecule has 0 unspecified atom stereocenters. The number of rotatable bonds is 5. The van der Waals surface area contributed by atoms with E-state index in [9.17, 15) is 9.59 Å². The van der Waals surface area contributed by atoms with Crippen molar-refractivity contribution in [2.45, 2.75) is 32.4 Å². The van der Waals surface area contributed by atoms with Crippen molar-refractivity contribution in [1.82, 2.24) is 5.01 Å². The van der Waals surface area contributed by atoms with Crippen molar-refractivity contribution in [3.8, 4) is 0 Å². The van der Waals surface area contributed by atoms with Crippen molar-refractivity contribution in [3.05, 3.63) is 71.8 Å². The van der Waals surface area contributed by atoms with Crippen LogP contribution in [-0.2, 0) is 22.7 Å². The van der Waals surface area contributed by atoms with Crippen LogP contribution in [-0.4, -0.2) is 22.3 Å². The topological polar surface area (TPSA) is 49.7 Å². The number of hydrogen-bond donors (Lipinski definition) is 0. The maximum atomic E-state index is 12.1. The zero-order valence-electron chi connectivity index (χ0n) is 13.5. The van der Waals surface area contributed by atoms with Gasteiger partial charge in [0.25, 0.3) is 0 Å². The molecule has 0 saturated heterocycles. The van der Waals surface area contributed by atoms with Crippen LogP contribution in [0.5, 0.6) is 0 Å². The molecule has 4 nitrogen and oxygen atoms in total. The average molecular weight is 320 g/mol. The highest BCUT2D eigenvalue weighted by molar-refractivity contribution is 6.66. The predicted molar refractivity (Wildman–Crippen MR) is 93.4 cm³/mol. The molecule has 0 atom stereocenters. The van der Waals surface area contributed by atoms with E-state index < -0.39 is 5.78 Å². The van der Waals surface area contributed by atoms with Gasteiger partial charge in [-0.2, -0.15) is 5.10 Å². The van der Waals surface area contributed by atoms with E-state index in [1.165, 1.54) is 0 Å². The lowest BCUT2D eigenvalue weighted by Crippen LogP contribution is -2.31. The van der Waals surface area contributed by atoms with Crippen LogP contribution in [0, 0.1) is 0 Å². The lowest BCUT2D eigenvalue weighted by Gasteiger charge is -2.22. The van der Waals surface area contributed by atoms with E-state index in [1.54, 1.807) is 0 Å². The average Bonchev–Trinajstić information content (AvgIpc) is 2.61. The zero-order valence-corrected chi connectivity index (χ0v) is 13.5. The fraction of sp³-hybridized carbons (Fsp3) is 0.250. The standard InChI is InChI=1S/C20H20N2O2/c23-19-13-7-12-18(20(19)24)21-22(14-16-8-3-1-4-9-16)15-17-10-5-2-6-11-17/h1-6,8-11H,7,12-15H2. The van der Waals surface area contributed by atoms with Crippen LogP contribution in [0.4, 0.5) is 0 Å². The highest BCUT2D eigenvalue weighted by Crippen LogP contribution is 2.14. The SMILES string of the molecule is O=C1CCCC(=NN(Cc2ccccc2)Cc2ccccc2)C1=O. The van der Waals surface area contributed by atoms with Gasteiger partial charge in [0.2, 0.25) is 11.6 Å². The summed E-state index contributed by atoms with van der Waals surface area (Å²) in [5, 5.41) is 6.41. The van der Waals surface area contributed by atoms with Crippen LogP contribution < -0.4 is 0 Å². The van der Waals surface area contributed by atoms with Gasteiger partial charge in [0.15, 0.2) is 0 Å². The van der Waals surface area contributed by atoms with E-state index >= 15 is 0 Å². The second kappa shape index (κ2) is 7.68. The Kier molecular flexibility index (Phi) is 5.16. The number of carbonyl (C=O) groups is 2. The Labute approximate surface area is 141 Å². The Bertz CT molecular complexity index is 697. The molecule has 1 aliphatic carbocycles. The van der Waals surface area contributed by atoms with Gasteiger partial charge < -0.3 is 0 Å². The van der Waals surface area contributed by atoms with Gasteiger partial charge in [-0.15, -0.1) is 0 Å². The number of carbonyl (C=O) groups excluding carboxylic acids is 2. The molecule has 0 bridgehead atoms. The van der Waals surface area contributed by atoms with Gasteiger partial charge in [-0.25, -0.2) is 0 Å². The van der Waals surface area contributed by atoms with E-state index in [-0.39, 0.29) is 5.78 Å². The van der Waals surface area contributed by atoms with E-state index in [4.69, 9.17) is 0 Å². The minimum atomic E-state index is -0.424. The summed E-state index contributed by atoms with van der Waals surface area (Å²) in [6, 6.07) is 20.0. The first kappa shape index (κ1) is 16.1. The summed E-state index contributed by atoms with van der Waals surface area (Å²) in [4.78, 5) is 23.7. The summed E-state index contributed by atoms with van der Waals surface area (Å²) in [6.45, 7) is 1.20. The molecule has 0 N–H and O–H groups in total. The number of hydrazone groups is 1. The lowest BCUT2D eigenvalue weighted by molar-refractivity contribution is -0.133. The third kappa shape index (κ3) is 4.16. The first-order valence-electron chi connectivity index (χ1n) is 8.20. The summed E-state index contributed by atoms with van der Waals surface area (Å²) < 4.78 is 0. The molecule has 0 amide bonds. The van der Waals surface area contributed by atoms with E-state index in [2.05, 4.69) is 5.10 Å². The molecule has 1 saturated carbocycles. The summed E-state index contributed by atoms with van der Waals surface area (Å²) in [5.74, 6) is -0.744. The molecule has 1 aliphatic rings. The van der Waals surface area contributed by atoms with Gasteiger partial charge in [0.05, 0.1) is 13.1 Å². The van der Waals surface area contributed by atoms with Crippen LogP contribution in [0.25, 0.3) is 0 Å². The Balaban J connectivity index is 1.83. The number of Topliss-reactive ketones (excluding diaryl/α,β-unsaturated/α-hetero) is 2. The van der Waals surface area contributed by atoms with Gasteiger partial charge in [0.1, 0.15) is 5.71 Å². The second-order valence-corrected chi connectivity index (χ2v) is 5.95. The third-order valence-corrected chi connectivity index (χ3v) is 4.01. The molecule has 0 spiro atoms. The van der Waals surface area contributed by atoms with Crippen LogP contribution in [0.3, 0.4) is 0 Å². The molecule has 0 radical (unpaired) electrons. The van der Waals surface area contributed by atoms with Crippen molar-refractivity contribution >= 4 is 17.3 Å². The molecule has 4 heteroatoms. The molecule has 1 fully saturated rings. The third-order valence-electron chi connectivity index (χ3n) is 4.01. The van der Waals surface area contributed by atoms with Crippen molar-refractivity contribution < 1.29 is 9.59 Å². The summed E-state index contributed by atoms with van der Waals surface area (Å²) in [5.41, 5.74) is 2.62. The summed E-state index contributed by atoms with van der Waals surface area (Å²) in [6.07, 6.45) is 1.62. The largest absolute Gasteiger partial charge is 0.290 e. The van der Waals surface area contributed by atoms with Crippen molar-refractivity contribution in [1.29, 1.82) is 0 Å².